The first-order valence-corrected chi connectivity index (χ1v) is 6.81. The number of carbonyl (C=O) groups is 1. The average Bonchev–Trinajstić information content (AvgIpc) is 2.16. The van der Waals surface area contributed by atoms with Crippen LogP contribution in [0.25, 0.3) is 0 Å². The summed E-state index contributed by atoms with van der Waals surface area (Å²) in [4.78, 5) is 15.5. The van der Waals surface area contributed by atoms with E-state index in [1.807, 2.05) is 0 Å². The summed E-state index contributed by atoms with van der Waals surface area (Å²) in [7, 11) is -0.934. The Morgan fingerprint density at radius 2 is 2.38 bits per heavy atom. The van der Waals surface area contributed by atoms with E-state index >= 15 is 0 Å². The molecular weight excluding hydrogens is 248 g/mol. The molecule has 6 heteroatoms. The number of aromatic nitrogens is 1. The quantitative estimate of drug-likeness (QED) is 0.886. The first kappa shape index (κ1) is 13.1. The number of rotatable bonds is 4. The summed E-state index contributed by atoms with van der Waals surface area (Å²) in [5.41, 5.74) is 0.380. The van der Waals surface area contributed by atoms with Crippen LogP contribution in [0.15, 0.2) is 18.5 Å². The fourth-order valence-electron chi connectivity index (χ4n) is 1.25. The smallest absolute Gasteiger partial charge is 0.253 e. The third-order valence-electron chi connectivity index (χ3n) is 1.88. The van der Waals surface area contributed by atoms with Gasteiger partial charge in [-0.1, -0.05) is 11.6 Å². The SMILES string of the molecule is CC(CS(C)=O)NC(=O)c1ccncc1Cl. The lowest BCUT2D eigenvalue weighted by molar-refractivity contribution is 0.0944. The second-order valence-electron chi connectivity index (χ2n) is 3.47. The van der Waals surface area contributed by atoms with Crippen LogP contribution in [0.5, 0.6) is 0 Å². The minimum atomic E-state index is -0.934. The van der Waals surface area contributed by atoms with Gasteiger partial charge in [-0.05, 0) is 13.0 Å². The van der Waals surface area contributed by atoms with Crippen molar-refractivity contribution in [1.82, 2.24) is 10.3 Å². The van der Waals surface area contributed by atoms with Crippen molar-refractivity contribution >= 4 is 28.3 Å². The van der Waals surface area contributed by atoms with Gasteiger partial charge >= 0.3 is 0 Å². The molecule has 1 aromatic rings. The molecule has 2 unspecified atom stereocenters. The highest BCUT2D eigenvalue weighted by atomic mass is 35.5. The molecule has 1 N–H and O–H groups in total. The maximum absolute atomic E-state index is 11.7. The zero-order valence-corrected chi connectivity index (χ0v) is 10.6. The Bertz CT molecular complexity index is 412. The monoisotopic (exact) mass is 260 g/mol. The van der Waals surface area contributed by atoms with Crippen molar-refractivity contribution in [3.8, 4) is 0 Å². The van der Waals surface area contributed by atoms with Crippen molar-refractivity contribution in [3.63, 3.8) is 0 Å². The Labute approximate surface area is 102 Å². The first-order chi connectivity index (χ1) is 7.50. The number of nitrogens with one attached hydrogen (secondary N) is 1. The van der Waals surface area contributed by atoms with E-state index < -0.39 is 10.8 Å². The zero-order valence-electron chi connectivity index (χ0n) is 9.07. The lowest BCUT2D eigenvalue weighted by Gasteiger charge is -2.12. The second-order valence-corrected chi connectivity index (χ2v) is 5.36. The van der Waals surface area contributed by atoms with Gasteiger partial charge in [0, 0.05) is 41.2 Å². The Hall–Kier alpha value is -0.940. The lowest BCUT2D eigenvalue weighted by atomic mass is 10.2. The van der Waals surface area contributed by atoms with Crippen LogP contribution in [-0.4, -0.2) is 33.2 Å². The largest absolute Gasteiger partial charge is 0.349 e. The second kappa shape index (κ2) is 5.96. The van der Waals surface area contributed by atoms with Gasteiger partial charge in [0.1, 0.15) is 0 Å². The summed E-state index contributed by atoms with van der Waals surface area (Å²) in [6.45, 7) is 1.80. The van der Waals surface area contributed by atoms with Crippen LogP contribution in [0.4, 0.5) is 0 Å². The summed E-state index contributed by atoms with van der Waals surface area (Å²) in [5.74, 6) is 0.152. The molecule has 2 atom stereocenters. The minimum absolute atomic E-state index is 0.150. The summed E-state index contributed by atoms with van der Waals surface area (Å²) in [5, 5.41) is 3.03. The van der Waals surface area contributed by atoms with Crippen LogP contribution >= 0.6 is 11.6 Å². The van der Waals surface area contributed by atoms with E-state index in [0.717, 1.165) is 0 Å². The highest BCUT2D eigenvalue weighted by Gasteiger charge is 2.13. The van der Waals surface area contributed by atoms with E-state index in [1.54, 1.807) is 19.2 Å². The van der Waals surface area contributed by atoms with Crippen molar-refractivity contribution in [2.45, 2.75) is 13.0 Å². The molecule has 0 aromatic carbocycles. The van der Waals surface area contributed by atoms with Crippen molar-refractivity contribution in [1.29, 1.82) is 0 Å². The molecule has 0 spiro atoms. The number of pyridine rings is 1. The maximum atomic E-state index is 11.7. The molecule has 0 fully saturated rings. The first-order valence-electron chi connectivity index (χ1n) is 4.71. The van der Waals surface area contributed by atoms with Gasteiger partial charge in [-0.3, -0.25) is 14.0 Å². The lowest BCUT2D eigenvalue weighted by Crippen LogP contribution is -2.36. The number of halogens is 1. The van der Waals surface area contributed by atoms with Gasteiger partial charge in [0.2, 0.25) is 0 Å². The molecule has 0 bridgehead atoms. The number of nitrogens with zero attached hydrogens (tertiary/aromatic N) is 1. The molecule has 1 heterocycles. The van der Waals surface area contributed by atoms with Crippen LogP contribution in [0.2, 0.25) is 5.02 Å². The van der Waals surface area contributed by atoms with Gasteiger partial charge in [-0.25, -0.2) is 0 Å². The standard InChI is InChI=1S/C10H13ClN2O2S/c1-7(6-16(2)15)13-10(14)8-3-4-12-5-9(8)11/h3-5,7H,6H2,1-2H3,(H,13,14). The summed E-state index contributed by atoms with van der Waals surface area (Å²) in [6.07, 6.45) is 4.52. The third kappa shape index (κ3) is 3.90. The Morgan fingerprint density at radius 1 is 1.69 bits per heavy atom. The Kier molecular flexibility index (Phi) is 4.89. The fraction of sp³-hybridized carbons (Fsp3) is 0.400. The molecule has 16 heavy (non-hydrogen) atoms. The van der Waals surface area contributed by atoms with E-state index in [0.29, 0.717) is 16.3 Å². The number of amides is 1. The van der Waals surface area contributed by atoms with Gasteiger partial charge in [0.15, 0.2) is 0 Å². The Morgan fingerprint density at radius 3 is 2.94 bits per heavy atom. The van der Waals surface area contributed by atoms with E-state index in [4.69, 9.17) is 11.6 Å². The van der Waals surface area contributed by atoms with Crippen molar-refractivity contribution in [3.05, 3.63) is 29.0 Å². The van der Waals surface area contributed by atoms with Crippen LogP contribution in [0.3, 0.4) is 0 Å². The normalized spacial score (nSPS) is 14.2. The summed E-state index contributed by atoms with van der Waals surface area (Å²) in [6, 6.07) is 1.40. The molecule has 0 aliphatic heterocycles. The molecule has 0 radical (unpaired) electrons. The molecule has 1 aromatic heterocycles. The van der Waals surface area contributed by atoms with Gasteiger partial charge in [0.05, 0.1) is 10.6 Å². The molecule has 0 saturated carbocycles. The highest BCUT2D eigenvalue weighted by Crippen LogP contribution is 2.13. The van der Waals surface area contributed by atoms with E-state index in [-0.39, 0.29) is 11.9 Å². The third-order valence-corrected chi connectivity index (χ3v) is 3.15. The topological polar surface area (TPSA) is 59.1 Å². The fourth-order valence-corrected chi connectivity index (χ4v) is 2.25. The summed E-state index contributed by atoms with van der Waals surface area (Å²) >= 11 is 5.82. The molecule has 1 rings (SSSR count). The highest BCUT2D eigenvalue weighted by molar-refractivity contribution is 7.84. The zero-order chi connectivity index (χ0) is 12.1. The van der Waals surface area contributed by atoms with Crippen molar-refractivity contribution in [2.75, 3.05) is 12.0 Å². The van der Waals surface area contributed by atoms with Crippen LogP contribution < -0.4 is 5.32 Å². The summed E-state index contributed by atoms with van der Waals surface area (Å²) < 4.78 is 11.0. The van der Waals surface area contributed by atoms with Crippen LogP contribution in [0.1, 0.15) is 17.3 Å². The number of carbonyl (C=O) groups excluding carboxylic acids is 1. The average molecular weight is 261 g/mol. The minimum Gasteiger partial charge on any atom is -0.349 e. The van der Waals surface area contributed by atoms with Gasteiger partial charge in [-0.2, -0.15) is 0 Å². The van der Waals surface area contributed by atoms with Crippen LogP contribution in [0, 0.1) is 0 Å². The van der Waals surface area contributed by atoms with E-state index in [2.05, 4.69) is 10.3 Å². The van der Waals surface area contributed by atoms with E-state index in [9.17, 15) is 9.00 Å². The van der Waals surface area contributed by atoms with Gasteiger partial charge in [0.25, 0.3) is 5.91 Å². The van der Waals surface area contributed by atoms with E-state index in [1.165, 1.54) is 12.4 Å². The maximum Gasteiger partial charge on any atom is 0.253 e. The number of hydrogen-bond acceptors (Lipinski definition) is 3. The molecule has 88 valence electrons. The molecule has 0 saturated heterocycles. The predicted molar refractivity (Wildman–Crippen MR) is 65.1 cm³/mol. The molecular formula is C10H13ClN2O2S. The van der Waals surface area contributed by atoms with Crippen molar-refractivity contribution in [2.24, 2.45) is 0 Å². The van der Waals surface area contributed by atoms with Gasteiger partial charge in [-0.15, -0.1) is 0 Å². The molecule has 1 amide bonds. The Balaban J connectivity index is 2.66. The molecule has 4 nitrogen and oxygen atoms in total. The molecule has 0 aliphatic carbocycles. The van der Waals surface area contributed by atoms with Gasteiger partial charge < -0.3 is 5.32 Å². The van der Waals surface area contributed by atoms with Crippen LogP contribution in [-0.2, 0) is 10.8 Å². The molecule has 0 aliphatic rings. The predicted octanol–water partition coefficient (Wildman–Crippen LogP) is 1.23. The van der Waals surface area contributed by atoms with Crippen molar-refractivity contribution < 1.29 is 9.00 Å². The number of hydrogen-bond donors (Lipinski definition) is 1.